The van der Waals surface area contributed by atoms with Gasteiger partial charge in [0.1, 0.15) is 22.5 Å². The molecule has 0 spiro atoms. The quantitative estimate of drug-likeness (QED) is 0.174. The molecule has 13 rings (SSSR count). The summed E-state index contributed by atoms with van der Waals surface area (Å²) in [7, 11) is 0. The number of aryl methyl sites for hydroxylation is 2. The van der Waals surface area contributed by atoms with Crippen molar-refractivity contribution in [2.45, 2.75) is 39.0 Å². The average Bonchev–Trinajstić information content (AvgIpc) is 3.99. The molecule has 0 aliphatic heterocycles. The summed E-state index contributed by atoms with van der Waals surface area (Å²) in [6.07, 6.45) is 4.87. The van der Waals surface area contributed by atoms with E-state index in [2.05, 4.69) is 157 Å². The van der Waals surface area contributed by atoms with Crippen molar-refractivity contribution in [2.24, 2.45) is 0 Å². The first-order chi connectivity index (χ1) is 30.2. The highest BCUT2D eigenvalue weighted by atomic mass is 16.3. The van der Waals surface area contributed by atoms with E-state index in [1.54, 1.807) is 0 Å². The summed E-state index contributed by atoms with van der Waals surface area (Å²) in [6, 6.07) is 56.6. The van der Waals surface area contributed by atoms with Crippen LogP contribution in [0.5, 0.6) is 0 Å². The zero-order valence-corrected chi connectivity index (χ0v) is 33.7. The summed E-state index contributed by atoms with van der Waals surface area (Å²) in [4.78, 5) is 11.4. The van der Waals surface area contributed by atoms with Crippen molar-refractivity contribution in [3.8, 4) is 39.6 Å². The Morgan fingerprint density at radius 2 is 1.25 bits per heavy atom. The fourth-order valence-electron chi connectivity index (χ4n) is 10.3. The molecule has 4 aromatic heterocycles. The van der Waals surface area contributed by atoms with Gasteiger partial charge in [-0.3, -0.25) is 0 Å². The lowest BCUT2D eigenvalue weighted by molar-refractivity contribution is 0.506. The van der Waals surface area contributed by atoms with Crippen LogP contribution in [0.1, 0.15) is 36.7 Å². The monoisotopic (exact) mass is 785 g/mol. The maximum atomic E-state index is 6.92. The van der Waals surface area contributed by atoms with Crippen LogP contribution in [0.25, 0.3) is 116 Å². The van der Waals surface area contributed by atoms with Gasteiger partial charge < -0.3 is 13.4 Å². The van der Waals surface area contributed by atoms with Gasteiger partial charge in [0, 0.05) is 67.2 Å². The van der Waals surface area contributed by atoms with E-state index in [0.29, 0.717) is 5.82 Å². The van der Waals surface area contributed by atoms with E-state index >= 15 is 0 Å². The smallest absolute Gasteiger partial charge is 0.161 e. The molecule has 0 saturated carbocycles. The van der Waals surface area contributed by atoms with Crippen LogP contribution in [-0.2, 0) is 19.3 Å². The fourth-order valence-corrected chi connectivity index (χ4v) is 10.3. The van der Waals surface area contributed by atoms with E-state index in [1.807, 2.05) is 12.1 Å². The van der Waals surface area contributed by atoms with E-state index < -0.39 is 0 Å². The topological polar surface area (TPSA) is 57.0 Å². The Balaban J connectivity index is 1.15. The average molecular weight is 786 g/mol. The second kappa shape index (κ2) is 13.3. The Morgan fingerprint density at radius 3 is 2.11 bits per heavy atom. The second-order valence-electron chi connectivity index (χ2n) is 16.6. The number of benzene rings is 8. The Kier molecular flexibility index (Phi) is 7.47. The normalized spacial score (nSPS) is 13.1. The highest BCUT2D eigenvalue weighted by Crippen LogP contribution is 2.45. The van der Waals surface area contributed by atoms with Gasteiger partial charge in [-0.2, -0.15) is 0 Å². The van der Waals surface area contributed by atoms with Gasteiger partial charge in [0.05, 0.1) is 28.1 Å². The molecule has 0 N–H and O–H groups in total. The van der Waals surface area contributed by atoms with Gasteiger partial charge in [0.2, 0.25) is 0 Å². The van der Waals surface area contributed by atoms with Gasteiger partial charge >= 0.3 is 0 Å². The van der Waals surface area contributed by atoms with Crippen LogP contribution in [0.15, 0.2) is 167 Å². The molecule has 0 unspecified atom stereocenters. The number of hydrogen-bond donors (Lipinski definition) is 0. The number of fused-ring (bicyclic) bond motifs is 11. The first-order valence-electron chi connectivity index (χ1n) is 21.5. The van der Waals surface area contributed by atoms with Gasteiger partial charge in [-0.05, 0) is 89.7 Å². The zero-order chi connectivity index (χ0) is 40.2. The summed E-state index contributed by atoms with van der Waals surface area (Å²) < 4.78 is 16.0. The van der Waals surface area contributed by atoms with Crippen molar-refractivity contribution in [2.75, 3.05) is 0 Å². The van der Waals surface area contributed by atoms with Gasteiger partial charge in [-0.25, -0.2) is 9.97 Å². The van der Waals surface area contributed by atoms with Crippen molar-refractivity contribution in [3.05, 3.63) is 175 Å². The maximum Gasteiger partial charge on any atom is 0.161 e. The molecular weight excluding hydrogens is 747 g/mol. The molecule has 0 saturated heterocycles. The van der Waals surface area contributed by atoms with Gasteiger partial charge in [-0.1, -0.05) is 116 Å². The van der Waals surface area contributed by atoms with E-state index in [4.69, 9.17) is 18.8 Å². The Labute approximate surface area is 351 Å². The molecule has 290 valence electrons. The third-order valence-corrected chi connectivity index (χ3v) is 13.1. The minimum Gasteiger partial charge on any atom is -0.461 e. The van der Waals surface area contributed by atoms with Crippen LogP contribution in [0.2, 0.25) is 0 Å². The van der Waals surface area contributed by atoms with Crippen molar-refractivity contribution >= 4 is 76.3 Å². The van der Waals surface area contributed by atoms with Crippen molar-refractivity contribution < 1.29 is 8.83 Å². The van der Waals surface area contributed by atoms with Gasteiger partial charge in [0.25, 0.3) is 0 Å². The molecule has 12 aromatic rings. The molecule has 1 aliphatic rings. The summed E-state index contributed by atoms with van der Waals surface area (Å²) >= 11 is 0. The highest BCUT2D eigenvalue weighted by Gasteiger charge is 2.27. The first-order valence-corrected chi connectivity index (χ1v) is 21.5. The number of hydrogen-bond acceptors (Lipinski definition) is 4. The van der Waals surface area contributed by atoms with E-state index in [1.165, 1.54) is 37.9 Å². The van der Waals surface area contributed by atoms with Crippen molar-refractivity contribution in [3.63, 3.8) is 0 Å². The summed E-state index contributed by atoms with van der Waals surface area (Å²) in [6.45, 7) is 2.21. The number of nitrogens with zero attached hydrogens (tertiary/aromatic N) is 3. The van der Waals surface area contributed by atoms with Crippen molar-refractivity contribution in [1.29, 1.82) is 0 Å². The zero-order valence-electron chi connectivity index (χ0n) is 33.7. The molecule has 0 atom stereocenters. The SMILES string of the molecule is CCc1c(-c2ccc3ccccc3c2)nc(-c2cc(-n3c4ccccc4c4cc5ccccc5cc43)cc3oc4c(c23)CCCC4)nc1-c1cccc2c1oc1ccccc12. The highest BCUT2D eigenvalue weighted by molar-refractivity contribution is 6.14. The number of para-hydroxylation sites is 3. The largest absolute Gasteiger partial charge is 0.461 e. The standard InChI is InChI=1S/C56H39N3O2/c1-2-39-53(37-27-26-33-14-3-4-15-34(33)28-37)57-56(58-54(39)44-22-13-21-42-41-19-8-11-24-49(41)61-55(42)44)46-31-38(32-51-52(46)43-20-9-12-25-50(43)60-51)59-47-23-10-7-18-40(47)45-29-35-16-5-6-17-36(35)30-48(45)59/h3-8,10-11,13-19,21-24,26-32H,2,9,12,20,25H2,1H3. The molecule has 1 aliphatic carbocycles. The predicted molar refractivity (Wildman–Crippen MR) is 251 cm³/mol. The summed E-state index contributed by atoms with van der Waals surface area (Å²) in [5, 5.41) is 10.5. The first kappa shape index (κ1) is 34.4. The molecule has 5 nitrogen and oxygen atoms in total. The Bertz CT molecular complexity index is 3770. The summed E-state index contributed by atoms with van der Waals surface area (Å²) in [5.41, 5.74) is 13.1. The van der Waals surface area contributed by atoms with Gasteiger partial charge in [0.15, 0.2) is 5.82 Å². The molecule has 8 aromatic carbocycles. The van der Waals surface area contributed by atoms with Gasteiger partial charge in [-0.15, -0.1) is 0 Å². The van der Waals surface area contributed by atoms with Crippen LogP contribution in [-0.4, -0.2) is 14.5 Å². The van der Waals surface area contributed by atoms with Crippen molar-refractivity contribution in [1.82, 2.24) is 14.5 Å². The predicted octanol–water partition coefficient (Wildman–Crippen LogP) is 15.0. The minimum absolute atomic E-state index is 0.677. The maximum absolute atomic E-state index is 6.92. The third kappa shape index (κ3) is 5.20. The molecule has 61 heavy (non-hydrogen) atoms. The Morgan fingerprint density at radius 1 is 0.525 bits per heavy atom. The van der Waals surface area contributed by atoms with Crippen LogP contribution in [0, 0.1) is 0 Å². The molecule has 0 bridgehead atoms. The number of furan rings is 2. The fraction of sp³-hybridized carbons (Fsp3) is 0.107. The molecule has 4 heterocycles. The Hall–Kier alpha value is -7.50. The minimum atomic E-state index is 0.677. The van der Waals surface area contributed by atoms with Crippen LogP contribution in [0.3, 0.4) is 0 Å². The second-order valence-corrected chi connectivity index (χ2v) is 16.6. The molecule has 0 fully saturated rings. The van der Waals surface area contributed by atoms with E-state index in [-0.39, 0.29) is 0 Å². The number of rotatable bonds is 5. The number of aromatic nitrogens is 3. The molecule has 5 heteroatoms. The molecular formula is C56H39N3O2. The molecule has 0 amide bonds. The lowest BCUT2D eigenvalue weighted by Gasteiger charge is -2.18. The third-order valence-electron chi connectivity index (χ3n) is 13.1. The molecule has 0 radical (unpaired) electrons. The van der Waals surface area contributed by atoms with Crippen LogP contribution < -0.4 is 0 Å². The lowest BCUT2D eigenvalue weighted by atomic mass is 9.92. The van der Waals surface area contributed by atoms with E-state index in [9.17, 15) is 0 Å². The van der Waals surface area contributed by atoms with Crippen LogP contribution >= 0.6 is 0 Å². The van der Waals surface area contributed by atoms with E-state index in [0.717, 1.165) is 121 Å². The van der Waals surface area contributed by atoms with Crippen LogP contribution in [0.4, 0.5) is 0 Å². The summed E-state index contributed by atoms with van der Waals surface area (Å²) in [5.74, 6) is 1.76. The lowest BCUT2D eigenvalue weighted by Crippen LogP contribution is -2.05.